The summed E-state index contributed by atoms with van der Waals surface area (Å²) in [6.07, 6.45) is 11.3. The number of hydrogen-bond acceptors (Lipinski definition) is 12. The maximum absolute atomic E-state index is 14.1. The van der Waals surface area contributed by atoms with Gasteiger partial charge in [0.15, 0.2) is 11.3 Å². The molecule has 0 saturated carbocycles. The Kier molecular flexibility index (Phi) is 17.5. The Morgan fingerprint density at radius 2 is 1.73 bits per heavy atom. The second-order valence-corrected chi connectivity index (χ2v) is 18.4. The van der Waals surface area contributed by atoms with E-state index in [1.54, 1.807) is 78.3 Å². The Bertz CT molecular complexity index is 3140. The number of esters is 1. The van der Waals surface area contributed by atoms with E-state index in [9.17, 15) is 23.6 Å². The van der Waals surface area contributed by atoms with Gasteiger partial charge in [0.1, 0.15) is 23.1 Å². The normalized spacial score (nSPS) is 14.6. The first kappa shape index (κ1) is 52.4. The van der Waals surface area contributed by atoms with Crippen molar-refractivity contribution in [3.05, 3.63) is 170 Å². The van der Waals surface area contributed by atoms with E-state index in [1.807, 2.05) is 41.9 Å². The van der Waals surface area contributed by atoms with E-state index >= 15 is 0 Å². The molecule has 2 aliphatic rings. The van der Waals surface area contributed by atoms with Gasteiger partial charge in [-0.3, -0.25) is 19.1 Å². The number of aryl methyl sites for hydroxylation is 1. The standard InChI is InChI=1S/C53H59FN12O5.C2H6O/c1-4-39-29-58-66-45(26-46(60-50(39)66)62-23-7-6-8-24-62)57-28-38-16-19-47(67)63(31-38)33-40(53(70)71-5-2)20-22-55-27-37-11-9-12-42(25-37)59-51(68)48-43-34-64(52(69)44-13-10-21-56-44)30-35(3)49(43)65(61-48)32-36-14-17-41(54)18-15-36;1-2-3/h9-21,25-26,29,31,35,55-57H,4-8,22-24,27-28,30,32-34H2,1-3H3,(H,59,68);3H,2H2,1H3/b40-20+;. The Balaban J connectivity index is 0.00000237. The van der Waals surface area contributed by atoms with Crippen molar-refractivity contribution in [2.24, 2.45) is 0 Å². The van der Waals surface area contributed by atoms with E-state index in [-0.39, 0.29) is 61.7 Å². The first-order valence-corrected chi connectivity index (χ1v) is 25.4. The van der Waals surface area contributed by atoms with E-state index in [0.29, 0.717) is 48.7 Å². The molecule has 9 rings (SSSR count). The number of carbonyl (C=O) groups is 3. The number of nitrogens with zero attached hydrogens (tertiary/aromatic N) is 8. The molecule has 388 valence electrons. The summed E-state index contributed by atoms with van der Waals surface area (Å²) < 4.78 is 24.3. The first-order valence-electron chi connectivity index (χ1n) is 25.4. The highest BCUT2D eigenvalue weighted by atomic mass is 19.1. The number of piperidine rings is 1. The van der Waals surface area contributed by atoms with Crippen LogP contribution in [0, 0.1) is 5.82 Å². The minimum absolute atomic E-state index is 0.00630. The zero-order valence-corrected chi connectivity index (χ0v) is 42.4. The lowest BCUT2D eigenvalue weighted by atomic mass is 9.95. The van der Waals surface area contributed by atoms with Gasteiger partial charge >= 0.3 is 5.97 Å². The molecule has 0 spiro atoms. The van der Waals surface area contributed by atoms with Crippen LogP contribution in [-0.2, 0) is 48.7 Å². The average molecular weight is 1010 g/mol. The summed E-state index contributed by atoms with van der Waals surface area (Å²) >= 11 is 0. The number of aromatic amines is 1. The summed E-state index contributed by atoms with van der Waals surface area (Å²) in [6, 6.07) is 22.4. The van der Waals surface area contributed by atoms with Gasteiger partial charge in [-0.15, -0.1) is 0 Å². The third kappa shape index (κ3) is 12.6. The van der Waals surface area contributed by atoms with Crippen LogP contribution in [0.15, 0.2) is 114 Å². The molecule has 0 bridgehead atoms. The molecule has 18 nitrogen and oxygen atoms in total. The second-order valence-electron chi connectivity index (χ2n) is 18.4. The van der Waals surface area contributed by atoms with Crippen LogP contribution in [0.1, 0.15) is 107 Å². The lowest BCUT2D eigenvalue weighted by molar-refractivity contribution is -0.138. The number of amides is 2. The topological polar surface area (TPSA) is 209 Å². The summed E-state index contributed by atoms with van der Waals surface area (Å²) in [5, 5.41) is 26.9. The van der Waals surface area contributed by atoms with Gasteiger partial charge in [-0.1, -0.05) is 50.3 Å². The molecule has 19 heteroatoms. The van der Waals surface area contributed by atoms with E-state index < -0.39 is 11.9 Å². The predicted octanol–water partition coefficient (Wildman–Crippen LogP) is 7.06. The fourth-order valence-electron chi connectivity index (χ4n) is 9.38. The molecule has 1 fully saturated rings. The predicted molar refractivity (Wildman–Crippen MR) is 282 cm³/mol. The van der Waals surface area contributed by atoms with Crippen LogP contribution in [0.5, 0.6) is 0 Å². The number of pyridine rings is 1. The van der Waals surface area contributed by atoms with E-state index in [1.165, 1.54) is 29.2 Å². The summed E-state index contributed by atoms with van der Waals surface area (Å²) in [5.41, 5.74) is 7.19. The van der Waals surface area contributed by atoms with Crippen LogP contribution in [0.25, 0.3) is 5.65 Å². The SMILES string of the molecule is CCO.CCOC(=O)/C(=C/CNCc1cccc(NC(=O)c2nn(Cc3ccc(F)cc3)c3c2CN(C(=O)c2ccc[nH]2)CC3C)c1)Cn1cc(CNc2cc(N3CCCCC3)nc3c(CC)cnn23)ccc1=O. The molecule has 1 saturated heterocycles. The number of aliphatic hydroxyl groups excluding tert-OH is 1. The highest BCUT2D eigenvalue weighted by Gasteiger charge is 2.35. The first-order chi connectivity index (χ1) is 36.0. The molecule has 2 aromatic carbocycles. The van der Waals surface area contributed by atoms with Crippen LogP contribution >= 0.6 is 0 Å². The molecule has 2 amide bonds. The van der Waals surface area contributed by atoms with Crippen molar-refractivity contribution < 1.29 is 28.6 Å². The zero-order valence-electron chi connectivity index (χ0n) is 42.4. The van der Waals surface area contributed by atoms with Crippen molar-refractivity contribution >= 4 is 40.8 Å². The fourth-order valence-corrected chi connectivity index (χ4v) is 9.38. The summed E-state index contributed by atoms with van der Waals surface area (Å²) in [6.45, 7) is 11.9. The van der Waals surface area contributed by atoms with Crippen molar-refractivity contribution in [2.45, 2.75) is 92.0 Å². The number of carbonyl (C=O) groups excluding carboxylic acids is 3. The molecular formula is C55H65FN12O6. The van der Waals surface area contributed by atoms with Crippen LogP contribution in [0.2, 0.25) is 0 Å². The lowest BCUT2D eigenvalue weighted by Crippen LogP contribution is -2.38. The van der Waals surface area contributed by atoms with Crippen molar-refractivity contribution in [1.82, 2.24) is 44.1 Å². The Morgan fingerprint density at radius 1 is 0.946 bits per heavy atom. The van der Waals surface area contributed by atoms with Gasteiger partial charge in [0.05, 0.1) is 38.0 Å². The number of nitrogens with one attached hydrogen (secondary N) is 4. The van der Waals surface area contributed by atoms with Crippen molar-refractivity contribution in [2.75, 3.05) is 54.9 Å². The number of aliphatic hydroxyl groups is 1. The Morgan fingerprint density at radius 3 is 2.47 bits per heavy atom. The number of anilines is 3. The van der Waals surface area contributed by atoms with Crippen molar-refractivity contribution in [1.29, 1.82) is 0 Å². The molecule has 1 atom stereocenters. The van der Waals surface area contributed by atoms with E-state index in [2.05, 4.69) is 37.9 Å². The van der Waals surface area contributed by atoms with Crippen LogP contribution < -0.4 is 26.4 Å². The molecule has 1 unspecified atom stereocenters. The van der Waals surface area contributed by atoms with E-state index in [0.717, 1.165) is 77.6 Å². The smallest absolute Gasteiger partial charge is 0.335 e. The third-order valence-electron chi connectivity index (χ3n) is 13.0. The molecule has 7 aromatic rings. The molecule has 0 radical (unpaired) electrons. The van der Waals surface area contributed by atoms with Gasteiger partial charge in [-0.2, -0.15) is 14.7 Å². The quantitative estimate of drug-likeness (QED) is 0.0333. The van der Waals surface area contributed by atoms with Gasteiger partial charge in [0, 0.05) is 98.8 Å². The Labute approximate surface area is 429 Å². The summed E-state index contributed by atoms with van der Waals surface area (Å²) in [7, 11) is 0. The zero-order chi connectivity index (χ0) is 52.1. The fraction of sp³-hybridized carbons (Fsp3) is 0.364. The molecule has 7 heterocycles. The lowest BCUT2D eigenvalue weighted by Gasteiger charge is -2.32. The number of aromatic nitrogens is 7. The average Bonchev–Trinajstić information content (AvgIpc) is 4.19. The molecule has 74 heavy (non-hydrogen) atoms. The molecule has 2 aliphatic heterocycles. The number of halogens is 1. The molecular weight excluding hydrogens is 944 g/mol. The van der Waals surface area contributed by atoms with Gasteiger partial charge in [0.25, 0.3) is 17.4 Å². The van der Waals surface area contributed by atoms with Crippen LogP contribution in [0.4, 0.5) is 21.7 Å². The van der Waals surface area contributed by atoms with Gasteiger partial charge in [0.2, 0.25) is 0 Å². The highest BCUT2D eigenvalue weighted by molar-refractivity contribution is 6.04. The summed E-state index contributed by atoms with van der Waals surface area (Å²) in [5.74, 6) is 0.112. The number of benzene rings is 2. The van der Waals surface area contributed by atoms with E-state index in [4.69, 9.17) is 19.9 Å². The maximum atomic E-state index is 14.1. The van der Waals surface area contributed by atoms with Gasteiger partial charge in [-0.25, -0.2) is 14.2 Å². The van der Waals surface area contributed by atoms with Gasteiger partial charge < -0.3 is 45.1 Å². The Hall–Kier alpha value is -7.90. The minimum Gasteiger partial charge on any atom is -0.463 e. The van der Waals surface area contributed by atoms with Crippen LogP contribution in [0.3, 0.4) is 0 Å². The number of H-pyrrole nitrogens is 1. The number of hydrogen-bond donors (Lipinski definition) is 5. The molecule has 5 aromatic heterocycles. The largest absolute Gasteiger partial charge is 0.463 e. The van der Waals surface area contributed by atoms with Crippen LogP contribution in [-0.4, -0.2) is 101 Å². The monoisotopic (exact) mass is 1010 g/mol. The number of ether oxygens (including phenoxy) is 1. The number of fused-ring (bicyclic) bond motifs is 2. The van der Waals surface area contributed by atoms with Crippen molar-refractivity contribution in [3.8, 4) is 0 Å². The highest BCUT2D eigenvalue weighted by Crippen LogP contribution is 2.33. The minimum atomic E-state index is -0.516. The van der Waals surface area contributed by atoms with Crippen molar-refractivity contribution in [3.63, 3.8) is 0 Å². The second kappa shape index (κ2) is 24.7. The summed E-state index contributed by atoms with van der Waals surface area (Å²) in [4.78, 5) is 66.2. The van der Waals surface area contributed by atoms with Gasteiger partial charge in [-0.05, 0) is 92.6 Å². The molecule has 5 N–H and O–H groups in total. The molecule has 0 aliphatic carbocycles. The maximum Gasteiger partial charge on any atom is 0.335 e. The third-order valence-corrected chi connectivity index (χ3v) is 13.0. The number of rotatable bonds is 18.